The molecule has 0 saturated carbocycles. The van der Waals surface area contributed by atoms with Crippen molar-refractivity contribution >= 4 is 5.91 Å². The molecule has 1 aromatic carbocycles. The van der Waals surface area contributed by atoms with Crippen LogP contribution in [0.1, 0.15) is 17.9 Å². The van der Waals surface area contributed by atoms with E-state index in [1.165, 1.54) is 18.2 Å². The van der Waals surface area contributed by atoms with Crippen molar-refractivity contribution in [3.63, 3.8) is 0 Å². The molecular weight excluding hydrogens is 276 g/mol. The SMILES string of the molecule is O=C(N[C@H]1CNCC[C@@H]1c1cccc(F)c1)C(F)(F)F. The molecule has 7 heteroatoms. The van der Waals surface area contributed by atoms with E-state index in [0.717, 1.165) is 0 Å². The van der Waals surface area contributed by atoms with Gasteiger partial charge in [0.15, 0.2) is 0 Å². The average molecular weight is 290 g/mol. The minimum absolute atomic E-state index is 0.225. The van der Waals surface area contributed by atoms with Crippen molar-refractivity contribution in [2.75, 3.05) is 13.1 Å². The third kappa shape index (κ3) is 3.47. The summed E-state index contributed by atoms with van der Waals surface area (Å²) >= 11 is 0. The molecule has 0 radical (unpaired) electrons. The molecule has 1 aliphatic rings. The van der Waals surface area contributed by atoms with Crippen LogP contribution in [0.25, 0.3) is 0 Å². The van der Waals surface area contributed by atoms with Crippen molar-refractivity contribution in [3.8, 4) is 0 Å². The molecule has 0 aromatic heterocycles. The van der Waals surface area contributed by atoms with Crippen LogP contribution in [0.4, 0.5) is 17.6 Å². The number of benzene rings is 1. The Morgan fingerprint density at radius 1 is 1.35 bits per heavy atom. The number of rotatable bonds is 2. The second-order valence-corrected chi connectivity index (χ2v) is 4.73. The number of nitrogens with one attached hydrogen (secondary N) is 2. The van der Waals surface area contributed by atoms with Gasteiger partial charge in [0.25, 0.3) is 0 Å². The number of carbonyl (C=O) groups is 1. The normalized spacial score (nSPS) is 23.4. The fourth-order valence-corrected chi connectivity index (χ4v) is 2.40. The van der Waals surface area contributed by atoms with Crippen molar-refractivity contribution in [2.45, 2.75) is 24.6 Å². The Hall–Kier alpha value is -1.63. The van der Waals surface area contributed by atoms with Gasteiger partial charge in [-0.25, -0.2) is 4.39 Å². The Balaban J connectivity index is 2.15. The van der Waals surface area contributed by atoms with Gasteiger partial charge in [-0.05, 0) is 30.7 Å². The molecule has 2 atom stereocenters. The topological polar surface area (TPSA) is 41.1 Å². The predicted molar refractivity (Wildman–Crippen MR) is 64.6 cm³/mol. The van der Waals surface area contributed by atoms with Crippen LogP contribution >= 0.6 is 0 Å². The largest absolute Gasteiger partial charge is 0.471 e. The summed E-state index contributed by atoms with van der Waals surface area (Å²) in [6.07, 6.45) is -4.38. The fraction of sp³-hybridized carbons (Fsp3) is 0.462. The van der Waals surface area contributed by atoms with Crippen LogP contribution in [-0.2, 0) is 4.79 Å². The number of amides is 1. The Bertz CT molecular complexity index is 490. The van der Waals surface area contributed by atoms with Crippen LogP contribution in [-0.4, -0.2) is 31.2 Å². The highest BCUT2D eigenvalue weighted by atomic mass is 19.4. The Kier molecular flexibility index (Phi) is 4.27. The third-order valence-corrected chi connectivity index (χ3v) is 3.33. The molecule has 3 nitrogen and oxygen atoms in total. The maximum atomic E-state index is 13.2. The number of piperidine rings is 1. The standard InChI is InChI=1S/C13H14F4N2O/c14-9-3-1-2-8(6-9)10-4-5-18-7-11(10)19-12(20)13(15,16)17/h1-3,6,10-11,18H,4-5,7H2,(H,19,20)/t10-,11+/m1/s1. The maximum absolute atomic E-state index is 13.2. The van der Waals surface area contributed by atoms with Crippen LogP contribution in [0.5, 0.6) is 0 Å². The molecule has 20 heavy (non-hydrogen) atoms. The number of halogens is 4. The van der Waals surface area contributed by atoms with E-state index in [4.69, 9.17) is 0 Å². The molecule has 1 fully saturated rings. The summed E-state index contributed by atoms with van der Waals surface area (Å²) in [5.74, 6) is -2.74. The number of hydrogen-bond acceptors (Lipinski definition) is 2. The molecule has 2 N–H and O–H groups in total. The molecule has 0 unspecified atom stereocenters. The van der Waals surface area contributed by atoms with Crippen LogP contribution in [0.3, 0.4) is 0 Å². The number of carbonyl (C=O) groups excluding carboxylic acids is 1. The molecule has 0 aliphatic carbocycles. The summed E-state index contributed by atoms with van der Waals surface area (Å²) < 4.78 is 50.1. The van der Waals surface area contributed by atoms with Gasteiger partial charge in [0, 0.05) is 18.5 Å². The smallest absolute Gasteiger partial charge is 0.344 e. The molecule has 1 amide bonds. The van der Waals surface area contributed by atoms with Gasteiger partial charge in [0.05, 0.1) is 0 Å². The first-order valence-electron chi connectivity index (χ1n) is 6.22. The highest BCUT2D eigenvalue weighted by molar-refractivity contribution is 5.82. The van der Waals surface area contributed by atoms with Crippen molar-refractivity contribution in [1.82, 2.24) is 10.6 Å². The van der Waals surface area contributed by atoms with E-state index in [0.29, 0.717) is 18.5 Å². The molecular formula is C13H14F4N2O. The van der Waals surface area contributed by atoms with Crippen LogP contribution < -0.4 is 10.6 Å². The molecule has 1 aliphatic heterocycles. The minimum atomic E-state index is -4.91. The van der Waals surface area contributed by atoms with Crippen molar-refractivity contribution < 1.29 is 22.4 Å². The summed E-state index contributed by atoms with van der Waals surface area (Å²) in [5, 5.41) is 4.91. The summed E-state index contributed by atoms with van der Waals surface area (Å²) in [4.78, 5) is 11.0. The van der Waals surface area contributed by atoms with Gasteiger partial charge in [0.1, 0.15) is 5.82 Å². The second kappa shape index (κ2) is 5.78. The van der Waals surface area contributed by atoms with Gasteiger partial charge in [-0.1, -0.05) is 12.1 Å². The maximum Gasteiger partial charge on any atom is 0.471 e. The van der Waals surface area contributed by atoms with Gasteiger partial charge in [-0.15, -0.1) is 0 Å². The van der Waals surface area contributed by atoms with Gasteiger partial charge in [-0.3, -0.25) is 4.79 Å². The lowest BCUT2D eigenvalue weighted by Gasteiger charge is -2.33. The monoisotopic (exact) mass is 290 g/mol. The lowest BCUT2D eigenvalue weighted by Crippen LogP contribution is -2.53. The zero-order valence-electron chi connectivity index (χ0n) is 10.5. The van der Waals surface area contributed by atoms with Crippen LogP contribution in [0.2, 0.25) is 0 Å². The van der Waals surface area contributed by atoms with E-state index in [9.17, 15) is 22.4 Å². The predicted octanol–water partition coefficient (Wildman–Crippen LogP) is 1.95. The molecule has 110 valence electrons. The molecule has 0 spiro atoms. The molecule has 1 saturated heterocycles. The molecule has 1 aromatic rings. The Labute approximate surface area is 113 Å². The number of hydrogen-bond donors (Lipinski definition) is 2. The third-order valence-electron chi connectivity index (χ3n) is 3.33. The molecule has 0 bridgehead atoms. The summed E-state index contributed by atoms with van der Waals surface area (Å²) in [5.41, 5.74) is 0.596. The van der Waals surface area contributed by atoms with Gasteiger partial charge >= 0.3 is 12.1 Å². The highest BCUT2D eigenvalue weighted by Crippen LogP contribution is 2.27. The van der Waals surface area contributed by atoms with Crippen molar-refractivity contribution in [2.24, 2.45) is 0 Å². The first-order chi connectivity index (χ1) is 9.38. The van der Waals surface area contributed by atoms with Crippen LogP contribution in [0, 0.1) is 5.82 Å². The van der Waals surface area contributed by atoms with Gasteiger partial charge < -0.3 is 10.6 Å². The van der Waals surface area contributed by atoms with Crippen molar-refractivity contribution in [3.05, 3.63) is 35.6 Å². The lowest BCUT2D eigenvalue weighted by atomic mass is 9.86. The van der Waals surface area contributed by atoms with E-state index >= 15 is 0 Å². The summed E-state index contributed by atoms with van der Waals surface area (Å²) in [6.45, 7) is 0.836. The fourth-order valence-electron chi connectivity index (χ4n) is 2.40. The average Bonchev–Trinajstić information content (AvgIpc) is 2.38. The van der Waals surface area contributed by atoms with Gasteiger partial charge in [-0.2, -0.15) is 13.2 Å². The minimum Gasteiger partial charge on any atom is -0.344 e. The lowest BCUT2D eigenvalue weighted by molar-refractivity contribution is -0.174. The van der Waals surface area contributed by atoms with E-state index in [1.54, 1.807) is 6.07 Å². The molecule has 1 heterocycles. The Morgan fingerprint density at radius 2 is 2.10 bits per heavy atom. The zero-order valence-corrected chi connectivity index (χ0v) is 10.5. The molecule has 2 rings (SSSR count). The highest BCUT2D eigenvalue weighted by Gasteiger charge is 2.41. The van der Waals surface area contributed by atoms with Crippen LogP contribution in [0.15, 0.2) is 24.3 Å². The Morgan fingerprint density at radius 3 is 2.75 bits per heavy atom. The van der Waals surface area contributed by atoms with Gasteiger partial charge in [0.2, 0.25) is 0 Å². The first kappa shape index (κ1) is 14.8. The van der Waals surface area contributed by atoms with E-state index in [1.807, 2.05) is 5.32 Å². The second-order valence-electron chi connectivity index (χ2n) is 4.73. The first-order valence-corrected chi connectivity index (χ1v) is 6.22. The number of alkyl halides is 3. The summed E-state index contributed by atoms with van der Waals surface area (Å²) in [6, 6.07) is 5.03. The van der Waals surface area contributed by atoms with Crippen molar-refractivity contribution in [1.29, 1.82) is 0 Å². The van der Waals surface area contributed by atoms with E-state index < -0.39 is 23.9 Å². The van der Waals surface area contributed by atoms with E-state index in [2.05, 4.69) is 5.32 Å². The summed E-state index contributed by atoms with van der Waals surface area (Å²) in [7, 11) is 0. The quantitative estimate of drug-likeness (QED) is 0.817. The zero-order chi connectivity index (χ0) is 14.8. The van der Waals surface area contributed by atoms with E-state index in [-0.39, 0.29) is 12.5 Å².